The van der Waals surface area contributed by atoms with Crippen molar-refractivity contribution in [3.63, 3.8) is 0 Å². The van der Waals surface area contributed by atoms with Crippen LogP contribution in [0.25, 0.3) is 11.0 Å². The number of nitrogens with zero attached hydrogens (tertiary/aromatic N) is 4. The van der Waals surface area contributed by atoms with Gasteiger partial charge in [0, 0.05) is 50.0 Å². The molecule has 0 aliphatic heterocycles. The van der Waals surface area contributed by atoms with Crippen molar-refractivity contribution < 1.29 is 13.2 Å². The van der Waals surface area contributed by atoms with Gasteiger partial charge in [-0.2, -0.15) is 9.97 Å². The van der Waals surface area contributed by atoms with Crippen molar-refractivity contribution in [2.24, 2.45) is 0 Å². The Morgan fingerprint density at radius 2 is 1.77 bits per heavy atom. The van der Waals surface area contributed by atoms with Crippen molar-refractivity contribution in [3.05, 3.63) is 102 Å². The van der Waals surface area contributed by atoms with Crippen molar-refractivity contribution in [2.75, 3.05) is 28.2 Å². The van der Waals surface area contributed by atoms with Gasteiger partial charge in [-0.25, -0.2) is 8.42 Å². The molecule has 0 aliphatic rings. The SMILES string of the molecule is CN(c1ccccc1CNc1nc(Nc2ccc(C(=O)NCc3cccnc3)cc2)nc2[nH]ccc12)S(C)(=O)=O. The summed E-state index contributed by atoms with van der Waals surface area (Å²) in [5.74, 6) is 0.748. The van der Waals surface area contributed by atoms with Gasteiger partial charge in [-0.1, -0.05) is 24.3 Å². The van der Waals surface area contributed by atoms with Gasteiger partial charge in [0.25, 0.3) is 5.91 Å². The number of pyridine rings is 1. The Balaban J connectivity index is 1.30. The minimum Gasteiger partial charge on any atom is -0.365 e. The first kappa shape index (κ1) is 26.6. The third kappa shape index (κ3) is 6.18. The summed E-state index contributed by atoms with van der Waals surface area (Å²) >= 11 is 0. The predicted octanol–water partition coefficient (Wildman–Crippen LogP) is 4.03. The zero-order valence-electron chi connectivity index (χ0n) is 21.9. The van der Waals surface area contributed by atoms with E-state index in [4.69, 9.17) is 0 Å². The van der Waals surface area contributed by atoms with Gasteiger partial charge in [0.2, 0.25) is 16.0 Å². The topological polar surface area (TPSA) is 145 Å². The molecule has 0 aliphatic carbocycles. The van der Waals surface area contributed by atoms with Crippen molar-refractivity contribution in [1.82, 2.24) is 25.3 Å². The van der Waals surface area contributed by atoms with E-state index in [0.29, 0.717) is 47.4 Å². The number of rotatable bonds is 10. The monoisotopic (exact) mass is 556 g/mol. The number of anilines is 4. The van der Waals surface area contributed by atoms with Crippen LogP contribution in [0.4, 0.5) is 23.1 Å². The molecule has 4 N–H and O–H groups in total. The van der Waals surface area contributed by atoms with E-state index in [9.17, 15) is 13.2 Å². The Hall–Kier alpha value is -4.97. The summed E-state index contributed by atoms with van der Waals surface area (Å²) in [5.41, 5.74) is 4.16. The third-order valence-electron chi connectivity index (χ3n) is 6.27. The third-order valence-corrected chi connectivity index (χ3v) is 7.46. The molecule has 5 rings (SSSR count). The molecule has 3 heterocycles. The lowest BCUT2D eigenvalue weighted by molar-refractivity contribution is 0.0951. The maximum absolute atomic E-state index is 12.5. The van der Waals surface area contributed by atoms with Crippen molar-refractivity contribution in [1.29, 1.82) is 0 Å². The van der Waals surface area contributed by atoms with E-state index in [2.05, 4.69) is 35.9 Å². The Labute approximate surface area is 231 Å². The Morgan fingerprint density at radius 3 is 2.52 bits per heavy atom. The zero-order valence-corrected chi connectivity index (χ0v) is 22.7. The highest BCUT2D eigenvalue weighted by Crippen LogP contribution is 2.26. The summed E-state index contributed by atoms with van der Waals surface area (Å²) < 4.78 is 25.5. The molecular weight excluding hydrogens is 528 g/mol. The molecule has 40 heavy (non-hydrogen) atoms. The maximum Gasteiger partial charge on any atom is 0.251 e. The molecule has 0 unspecified atom stereocenters. The van der Waals surface area contributed by atoms with E-state index in [1.165, 1.54) is 17.6 Å². The zero-order chi connectivity index (χ0) is 28.1. The Morgan fingerprint density at radius 1 is 0.975 bits per heavy atom. The summed E-state index contributed by atoms with van der Waals surface area (Å²) in [6.45, 7) is 0.733. The van der Waals surface area contributed by atoms with Gasteiger partial charge in [0.15, 0.2) is 0 Å². The number of sulfonamides is 1. The predicted molar refractivity (Wildman–Crippen MR) is 156 cm³/mol. The van der Waals surface area contributed by atoms with E-state index < -0.39 is 10.0 Å². The number of aromatic nitrogens is 4. The van der Waals surface area contributed by atoms with Gasteiger partial charge in [0.1, 0.15) is 11.5 Å². The molecule has 2 aromatic carbocycles. The average Bonchev–Trinajstić information content (AvgIpc) is 3.44. The first-order valence-corrected chi connectivity index (χ1v) is 14.3. The number of nitrogens with one attached hydrogen (secondary N) is 4. The molecule has 0 saturated heterocycles. The number of carbonyl (C=O) groups excluding carboxylic acids is 1. The molecule has 0 spiro atoms. The van der Waals surface area contributed by atoms with Crippen LogP contribution in [-0.2, 0) is 23.1 Å². The Bertz CT molecular complexity index is 1740. The molecule has 1 amide bonds. The number of amides is 1. The van der Waals surface area contributed by atoms with Gasteiger partial charge in [0.05, 0.1) is 17.3 Å². The van der Waals surface area contributed by atoms with Gasteiger partial charge in [-0.3, -0.25) is 14.1 Å². The van der Waals surface area contributed by atoms with Crippen LogP contribution >= 0.6 is 0 Å². The second kappa shape index (κ2) is 11.4. The summed E-state index contributed by atoms with van der Waals surface area (Å²) in [4.78, 5) is 28.9. The largest absolute Gasteiger partial charge is 0.365 e. The van der Waals surface area contributed by atoms with Gasteiger partial charge >= 0.3 is 0 Å². The van der Waals surface area contributed by atoms with Crippen LogP contribution in [0, 0.1) is 0 Å². The Kier molecular flexibility index (Phi) is 7.60. The quantitative estimate of drug-likeness (QED) is 0.202. The molecule has 11 nitrogen and oxygen atoms in total. The van der Waals surface area contributed by atoms with Crippen LogP contribution in [0.15, 0.2) is 85.3 Å². The first-order valence-electron chi connectivity index (χ1n) is 12.4. The first-order chi connectivity index (χ1) is 19.3. The van der Waals surface area contributed by atoms with E-state index in [1.807, 2.05) is 30.3 Å². The minimum absolute atomic E-state index is 0.187. The number of para-hydroxylation sites is 1. The highest BCUT2D eigenvalue weighted by Gasteiger charge is 2.16. The maximum atomic E-state index is 12.5. The lowest BCUT2D eigenvalue weighted by Crippen LogP contribution is -2.26. The second-order valence-corrected chi connectivity index (χ2v) is 11.1. The second-order valence-electron chi connectivity index (χ2n) is 9.09. The van der Waals surface area contributed by atoms with Crippen molar-refractivity contribution >= 4 is 50.1 Å². The van der Waals surface area contributed by atoms with Gasteiger partial charge in [-0.05, 0) is 53.6 Å². The molecular formula is C28H28N8O3S. The fourth-order valence-electron chi connectivity index (χ4n) is 4.08. The van der Waals surface area contributed by atoms with Crippen LogP contribution in [0.2, 0.25) is 0 Å². The molecule has 0 saturated carbocycles. The van der Waals surface area contributed by atoms with Crippen LogP contribution in [0.5, 0.6) is 0 Å². The molecule has 3 aromatic heterocycles. The number of hydrogen-bond acceptors (Lipinski definition) is 8. The van der Waals surface area contributed by atoms with Gasteiger partial charge < -0.3 is 20.9 Å². The fourth-order valence-corrected chi connectivity index (χ4v) is 4.61. The standard InChI is InChI=1S/C28H28N8O3S/c1-36(40(2,38)39)24-8-4-3-7-21(24)18-31-26-23-13-15-30-25(23)34-28(35-26)33-22-11-9-20(10-12-22)27(37)32-17-19-6-5-14-29-16-19/h3-16H,17-18H2,1-2H3,(H,32,37)(H3,30,31,33,34,35). The van der Waals surface area contributed by atoms with Gasteiger partial charge in [-0.15, -0.1) is 0 Å². The molecule has 0 fully saturated rings. The molecule has 0 bridgehead atoms. The van der Waals surface area contributed by atoms with Crippen LogP contribution in [0.1, 0.15) is 21.5 Å². The lowest BCUT2D eigenvalue weighted by atomic mass is 10.1. The molecule has 12 heteroatoms. The normalized spacial score (nSPS) is 11.2. The summed E-state index contributed by atoms with van der Waals surface area (Å²) in [7, 11) is -1.89. The van der Waals surface area contributed by atoms with Crippen LogP contribution < -0.4 is 20.3 Å². The summed E-state index contributed by atoms with van der Waals surface area (Å²) in [6, 6.07) is 19.9. The number of fused-ring (bicyclic) bond motifs is 1. The van der Waals surface area contributed by atoms with Crippen LogP contribution in [-0.4, -0.2) is 47.6 Å². The van der Waals surface area contributed by atoms with Crippen molar-refractivity contribution in [2.45, 2.75) is 13.1 Å². The number of hydrogen-bond donors (Lipinski definition) is 4. The molecule has 0 radical (unpaired) electrons. The highest BCUT2D eigenvalue weighted by atomic mass is 32.2. The number of benzene rings is 2. The van der Waals surface area contributed by atoms with E-state index in [-0.39, 0.29) is 5.91 Å². The number of H-pyrrole nitrogens is 1. The molecule has 5 aromatic rings. The van der Waals surface area contributed by atoms with E-state index in [0.717, 1.165) is 16.5 Å². The van der Waals surface area contributed by atoms with Crippen molar-refractivity contribution in [3.8, 4) is 0 Å². The average molecular weight is 557 g/mol. The summed E-state index contributed by atoms with van der Waals surface area (Å²) in [6.07, 6.45) is 6.35. The summed E-state index contributed by atoms with van der Waals surface area (Å²) in [5, 5.41) is 10.2. The van der Waals surface area contributed by atoms with Crippen LogP contribution in [0.3, 0.4) is 0 Å². The van der Waals surface area contributed by atoms with E-state index in [1.54, 1.807) is 55.0 Å². The highest BCUT2D eigenvalue weighted by molar-refractivity contribution is 7.92. The molecule has 204 valence electrons. The van der Waals surface area contributed by atoms with E-state index >= 15 is 0 Å². The minimum atomic E-state index is -3.42. The smallest absolute Gasteiger partial charge is 0.251 e. The number of carbonyl (C=O) groups is 1. The lowest BCUT2D eigenvalue weighted by Gasteiger charge is -2.20. The molecule has 0 atom stereocenters. The number of aromatic amines is 1. The fraction of sp³-hybridized carbons (Fsp3) is 0.143.